The van der Waals surface area contributed by atoms with Crippen molar-refractivity contribution in [3.63, 3.8) is 0 Å². The first-order chi connectivity index (χ1) is 24.4. The number of halogens is 1. The molecule has 0 saturated heterocycles. The molecule has 0 fully saturated rings. The third-order valence-corrected chi connectivity index (χ3v) is 8.34. The standard InChI is InChI=1S/C24H29NO4.C16H12O6.ClH/c1-5-26-21-10-9-17(14-22(21)27-6-2)13-20-19-16-24(29-8-4)23(28-7-3)15-18(19)11-12-25-20;1-5-3-7(17)9-11(13(5)19)15(21)10-8(18)4-6(2)14(20)12(10)16(9)22;/h9-12,14-16H,5-8,13H2,1-4H3;3-4,17-20H,1-2H3;1H. The van der Waals surface area contributed by atoms with Crippen LogP contribution in [0.25, 0.3) is 10.8 Å². The fourth-order valence-corrected chi connectivity index (χ4v) is 6.05. The van der Waals surface area contributed by atoms with Crippen LogP contribution in [0.15, 0.2) is 54.7 Å². The predicted molar refractivity (Wildman–Crippen MR) is 199 cm³/mol. The molecule has 11 nitrogen and oxygen atoms in total. The summed E-state index contributed by atoms with van der Waals surface area (Å²) in [7, 11) is 0. The van der Waals surface area contributed by atoms with Crippen molar-refractivity contribution in [1.29, 1.82) is 0 Å². The largest absolute Gasteiger partial charge is 0.507 e. The van der Waals surface area contributed by atoms with E-state index in [1.54, 1.807) is 0 Å². The summed E-state index contributed by atoms with van der Waals surface area (Å²) < 4.78 is 23.0. The van der Waals surface area contributed by atoms with Crippen LogP contribution in [0.4, 0.5) is 0 Å². The third kappa shape index (κ3) is 7.50. The number of hydrogen-bond donors (Lipinski definition) is 4. The van der Waals surface area contributed by atoms with Crippen molar-refractivity contribution >= 4 is 34.7 Å². The Hall–Kier alpha value is -5.68. The number of benzene rings is 4. The van der Waals surface area contributed by atoms with Crippen LogP contribution in [0.2, 0.25) is 0 Å². The molecule has 0 aliphatic heterocycles. The summed E-state index contributed by atoms with van der Waals surface area (Å²) in [6.07, 6.45) is 2.52. The number of aromatic nitrogens is 1. The van der Waals surface area contributed by atoms with Crippen molar-refractivity contribution in [1.82, 2.24) is 4.98 Å². The lowest BCUT2D eigenvalue weighted by atomic mass is 9.80. The number of aromatic hydroxyl groups is 4. The second-order valence-electron chi connectivity index (χ2n) is 11.7. The molecule has 6 rings (SSSR count). The van der Waals surface area contributed by atoms with Gasteiger partial charge in [0.15, 0.2) is 23.0 Å². The van der Waals surface area contributed by atoms with Crippen LogP contribution in [0.3, 0.4) is 0 Å². The van der Waals surface area contributed by atoms with Crippen LogP contribution in [-0.4, -0.2) is 63.4 Å². The lowest BCUT2D eigenvalue weighted by Crippen LogP contribution is -2.22. The fraction of sp³-hybridized carbons (Fsp3) is 0.275. The number of phenols is 4. The summed E-state index contributed by atoms with van der Waals surface area (Å²) in [6, 6.07) is 14.4. The van der Waals surface area contributed by atoms with Crippen LogP contribution in [0.1, 0.15) is 81.9 Å². The average Bonchev–Trinajstić information content (AvgIpc) is 3.09. The molecule has 0 bridgehead atoms. The smallest absolute Gasteiger partial charge is 0.202 e. The minimum Gasteiger partial charge on any atom is -0.507 e. The van der Waals surface area contributed by atoms with Gasteiger partial charge in [0.2, 0.25) is 11.6 Å². The quantitative estimate of drug-likeness (QED) is 0.102. The number of nitrogens with zero attached hydrogens (tertiary/aromatic N) is 1. The number of ketones is 2. The van der Waals surface area contributed by atoms with E-state index in [-0.39, 0.29) is 45.8 Å². The summed E-state index contributed by atoms with van der Waals surface area (Å²) in [4.78, 5) is 29.8. The van der Waals surface area contributed by atoms with Crippen molar-refractivity contribution in [2.24, 2.45) is 0 Å². The highest BCUT2D eigenvalue weighted by atomic mass is 35.5. The van der Waals surface area contributed by atoms with E-state index in [2.05, 4.69) is 11.1 Å². The molecule has 0 unspecified atom stereocenters. The average molecular weight is 732 g/mol. The van der Waals surface area contributed by atoms with Crippen LogP contribution in [0.5, 0.6) is 46.0 Å². The first-order valence-corrected chi connectivity index (χ1v) is 16.7. The molecule has 4 N–H and O–H groups in total. The van der Waals surface area contributed by atoms with Crippen molar-refractivity contribution in [3.05, 3.63) is 99.4 Å². The number of pyridine rings is 1. The Labute approximate surface area is 307 Å². The van der Waals surface area contributed by atoms with E-state index < -0.39 is 34.6 Å². The highest BCUT2D eigenvalue weighted by Gasteiger charge is 2.39. The van der Waals surface area contributed by atoms with Crippen LogP contribution in [0, 0.1) is 13.8 Å². The number of phenolic OH excluding ortho intramolecular Hbond substituents is 4. The predicted octanol–water partition coefficient (Wildman–Crippen LogP) is 7.74. The van der Waals surface area contributed by atoms with Gasteiger partial charge in [-0.15, -0.1) is 12.4 Å². The topological polar surface area (TPSA) is 165 Å². The zero-order chi connectivity index (χ0) is 37.0. The van der Waals surface area contributed by atoms with E-state index in [0.717, 1.165) is 57.2 Å². The molecule has 1 aliphatic carbocycles. The lowest BCUT2D eigenvalue weighted by Gasteiger charge is -2.22. The monoisotopic (exact) mass is 731 g/mol. The first-order valence-electron chi connectivity index (χ1n) is 16.7. The van der Waals surface area contributed by atoms with Crippen molar-refractivity contribution in [3.8, 4) is 46.0 Å². The highest BCUT2D eigenvalue weighted by molar-refractivity contribution is 6.32. The van der Waals surface area contributed by atoms with Crippen molar-refractivity contribution in [2.75, 3.05) is 26.4 Å². The molecule has 1 aromatic heterocycles. The Morgan fingerprint density at radius 1 is 0.577 bits per heavy atom. The van der Waals surface area contributed by atoms with Gasteiger partial charge in [-0.2, -0.15) is 0 Å². The maximum Gasteiger partial charge on any atom is 0.202 e. The summed E-state index contributed by atoms with van der Waals surface area (Å²) in [5.41, 5.74) is 1.05. The Bertz CT molecular complexity index is 2070. The molecule has 4 aromatic carbocycles. The molecule has 12 heteroatoms. The summed E-state index contributed by atoms with van der Waals surface area (Å²) in [5.74, 6) is -0.402. The summed E-state index contributed by atoms with van der Waals surface area (Å²) >= 11 is 0. The van der Waals surface area contributed by atoms with Gasteiger partial charge in [0.1, 0.15) is 23.0 Å². The van der Waals surface area contributed by atoms with Gasteiger partial charge >= 0.3 is 0 Å². The van der Waals surface area contributed by atoms with Gasteiger partial charge < -0.3 is 39.4 Å². The van der Waals surface area contributed by atoms with Gasteiger partial charge in [0, 0.05) is 18.0 Å². The van der Waals surface area contributed by atoms with Gasteiger partial charge in [-0.25, -0.2) is 0 Å². The van der Waals surface area contributed by atoms with Crippen molar-refractivity contribution in [2.45, 2.75) is 48.0 Å². The molecule has 1 aliphatic rings. The third-order valence-electron chi connectivity index (χ3n) is 8.34. The molecule has 0 saturated carbocycles. The SMILES string of the molecule is CCOc1ccc(Cc2nccc3cc(OCC)c(OCC)cc23)cc1OCC.Cc1cc(O)c2c(c1O)C(=O)c1c(O)cc(C)c(O)c1C2=O.Cl. The number of carbonyl (C=O) groups excluding carboxylic acids is 2. The molecule has 0 atom stereocenters. The Kier molecular flexibility index (Phi) is 12.5. The lowest BCUT2D eigenvalue weighted by molar-refractivity contribution is 0.0969. The molecule has 5 aromatic rings. The summed E-state index contributed by atoms with van der Waals surface area (Å²) in [5, 5.41) is 42.2. The fourth-order valence-electron chi connectivity index (χ4n) is 6.05. The van der Waals surface area contributed by atoms with Gasteiger partial charge in [-0.3, -0.25) is 14.6 Å². The second kappa shape index (κ2) is 16.6. The zero-order valence-electron chi connectivity index (χ0n) is 29.8. The summed E-state index contributed by atoms with van der Waals surface area (Å²) in [6.45, 7) is 13.2. The Balaban J connectivity index is 0.000000236. The van der Waals surface area contributed by atoms with Gasteiger partial charge in [0.05, 0.1) is 54.4 Å². The molecular formula is C40H42ClNO10. The van der Waals surface area contributed by atoms with E-state index >= 15 is 0 Å². The molecule has 0 radical (unpaired) electrons. The maximum atomic E-state index is 12.6. The normalized spacial score (nSPS) is 11.5. The van der Waals surface area contributed by atoms with E-state index in [4.69, 9.17) is 18.9 Å². The Morgan fingerprint density at radius 2 is 1.04 bits per heavy atom. The Morgan fingerprint density at radius 3 is 1.54 bits per heavy atom. The van der Waals surface area contributed by atoms with E-state index in [1.165, 1.54) is 13.8 Å². The number of carbonyl (C=O) groups is 2. The van der Waals surface area contributed by atoms with E-state index in [0.29, 0.717) is 32.8 Å². The minimum absolute atomic E-state index is 0. The molecule has 1 heterocycles. The number of fused-ring (bicyclic) bond motifs is 3. The molecule has 0 amide bonds. The zero-order valence-corrected chi connectivity index (χ0v) is 30.6. The van der Waals surface area contributed by atoms with Crippen LogP contribution in [-0.2, 0) is 6.42 Å². The number of rotatable bonds is 10. The van der Waals surface area contributed by atoms with Gasteiger partial charge in [-0.1, -0.05) is 6.07 Å². The molecule has 0 spiro atoms. The number of ether oxygens (including phenoxy) is 4. The second-order valence-corrected chi connectivity index (χ2v) is 11.7. The van der Waals surface area contributed by atoms with E-state index in [9.17, 15) is 30.0 Å². The minimum atomic E-state index is -0.825. The maximum absolute atomic E-state index is 12.6. The van der Waals surface area contributed by atoms with Gasteiger partial charge in [-0.05, 0) is 106 Å². The van der Waals surface area contributed by atoms with Crippen LogP contribution < -0.4 is 18.9 Å². The van der Waals surface area contributed by atoms with Crippen molar-refractivity contribution < 1.29 is 49.0 Å². The molecule has 52 heavy (non-hydrogen) atoms. The molecule has 274 valence electrons. The number of hydrogen-bond acceptors (Lipinski definition) is 11. The van der Waals surface area contributed by atoms with E-state index in [1.807, 2.05) is 64.2 Å². The highest BCUT2D eigenvalue weighted by Crippen LogP contribution is 2.45. The van der Waals surface area contributed by atoms with Crippen LogP contribution >= 0.6 is 12.4 Å². The molecular weight excluding hydrogens is 690 g/mol. The number of aryl methyl sites for hydroxylation is 2. The first kappa shape index (κ1) is 39.1. The van der Waals surface area contributed by atoms with Gasteiger partial charge in [0.25, 0.3) is 0 Å².